The molecule has 0 unspecified atom stereocenters. The molecule has 40 heavy (non-hydrogen) atoms. The van der Waals surface area contributed by atoms with Crippen LogP contribution in [0.2, 0.25) is 0 Å². The van der Waals surface area contributed by atoms with Crippen LogP contribution in [0.1, 0.15) is 35.7 Å². The SMILES string of the molecule is COC1CN(Cc2ccc(Nc3ccc4c(-c5ccc([C@@H](C)O)c(-n6nc(C#N)cc6C)n5)cnn4c3)nn2)C1. The van der Waals surface area contributed by atoms with Crippen LogP contribution in [0.5, 0.6) is 0 Å². The fraction of sp³-hybridized carbons (Fsp3) is 0.286. The number of nitrogens with zero attached hydrogens (tertiary/aromatic N) is 9. The number of nitrogens with one attached hydrogen (secondary N) is 1. The van der Waals surface area contributed by atoms with Gasteiger partial charge in [-0.2, -0.15) is 20.6 Å². The molecule has 1 atom stereocenters. The minimum Gasteiger partial charge on any atom is -0.389 e. The molecule has 5 aromatic rings. The van der Waals surface area contributed by atoms with Crippen molar-refractivity contribution in [3.8, 4) is 23.1 Å². The third-order valence-corrected chi connectivity index (χ3v) is 6.98. The van der Waals surface area contributed by atoms with Gasteiger partial charge in [0.25, 0.3) is 0 Å². The number of methoxy groups -OCH3 is 1. The zero-order valence-corrected chi connectivity index (χ0v) is 22.4. The van der Waals surface area contributed by atoms with E-state index in [0.29, 0.717) is 29.0 Å². The summed E-state index contributed by atoms with van der Waals surface area (Å²) in [7, 11) is 1.74. The average molecular weight is 537 g/mol. The van der Waals surface area contributed by atoms with Crippen molar-refractivity contribution in [1.29, 1.82) is 5.26 Å². The van der Waals surface area contributed by atoms with Crippen molar-refractivity contribution in [2.75, 3.05) is 25.5 Å². The lowest BCUT2D eigenvalue weighted by Gasteiger charge is -2.37. The molecule has 6 rings (SSSR count). The summed E-state index contributed by atoms with van der Waals surface area (Å²) >= 11 is 0. The maximum atomic E-state index is 10.4. The molecule has 1 fully saturated rings. The van der Waals surface area contributed by atoms with E-state index in [1.807, 2.05) is 49.5 Å². The van der Waals surface area contributed by atoms with Gasteiger partial charge in [0.05, 0.1) is 47.2 Å². The highest BCUT2D eigenvalue weighted by molar-refractivity contribution is 5.79. The molecule has 0 amide bonds. The van der Waals surface area contributed by atoms with Gasteiger partial charge >= 0.3 is 0 Å². The van der Waals surface area contributed by atoms with Gasteiger partial charge in [-0.25, -0.2) is 14.2 Å². The van der Waals surface area contributed by atoms with Crippen LogP contribution in [-0.4, -0.2) is 70.9 Å². The summed E-state index contributed by atoms with van der Waals surface area (Å²) in [5.41, 5.74) is 5.71. The summed E-state index contributed by atoms with van der Waals surface area (Å²) in [5.74, 6) is 1.11. The largest absolute Gasteiger partial charge is 0.389 e. The zero-order valence-electron chi connectivity index (χ0n) is 22.4. The third kappa shape index (κ3) is 4.89. The number of aliphatic hydroxyl groups excluding tert-OH is 1. The highest BCUT2D eigenvalue weighted by atomic mass is 16.5. The third-order valence-electron chi connectivity index (χ3n) is 6.98. The second-order valence-electron chi connectivity index (χ2n) is 9.87. The number of anilines is 2. The van der Waals surface area contributed by atoms with Crippen LogP contribution >= 0.6 is 0 Å². The van der Waals surface area contributed by atoms with Gasteiger partial charge in [0, 0.05) is 43.6 Å². The molecule has 12 heteroatoms. The van der Waals surface area contributed by atoms with Crippen LogP contribution in [0.4, 0.5) is 11.5 Å². The first-order valence-corrected chi connectivity index (χ1v) is 12.9. The lowest BCUT2D eigenvalue weighted by Crippen LogP contribution is -2.51. The monoisotopic (exact) mass is 536 g/mol. The summed E-state index contributed by atoms with van der Waals surface area (Å²) < 4.78 is 8.68. The Morgan fingerprint density at radius 3 is 2.73 bits per heavy atom. The normalized spacial score (nSPS) is 14.7. The number of rotatable bonds is 8. The molecular formula is C28H28N10O2. The standard InChI is InChI=1S/C28H28N10O2/c1-17-10-21(11-29)35-38(17)28-23(18(2)39)6-7-25(32-28)24-12-30-37-14-19(4-8-26(24)37)31-27-9-5-20(33-34-27)13-36-15-22(16-36)40-3/h4-10,12,14,18,22,39H,13,15-16H2,1-3H3,(H,31,34)/t18-/m1/s1. The van der Waals surface area contributed by atoms with Gasteiger partial charge in [0.2, 0.25) is 0 Å². The molecule has 6 heterocycles. The minimum atomic E-state index is -0.765. The minimum absolute atomic E-state index is 0.285. The van der Waals surface area contributed by atoms with Gasteiger partial charge in [0.15, 0.2) is 17.3 Å². The van der Waals surface area contributed by atoms with Gasteiger partial charge in [-0.05, 0) is 50.2 Å². The number of ether oxygens (including phenoxy) is 1. The number of pyridine rings is 2. The van der Waals surface area contributed by atoms with E-state index in [9.17, 15) is 10.4 Å². The molecule has 1 aliphatic heterocycles. The van der Waals surface area contributed by atoms with Crippen molar-refractivity contribution in [1.82, 2.24) is 39.5 Å². The smallest absolute Gasteiger partial charge is 0.163 e. The number of hydrogen-bond donors (Lipinski definition) is 2. The van der Waals surface area contributed by atoms with Crippen molar-refractivity contribution in [2.24, 2.45) is 0 Å². The molecule has 0 spiro atoms. The fourth-order valence-electron chi connectivity index (χ4n) is 4.79. The van der Waals surface area contributed by atoms with E-state index in [4.69, 9.17) is 9.72 Å². The molecule has 2 N–H and O–H groups in total. The van der Waals surface area contributed by atoms with Crippen LogP contribution in [0.25, 0.3) is 22.6 Å². The van der Waals surface area contributed by atoms with E-state index in [1.165, 1.54) is 0 Å². The maximum Gasteiger partial charge on any atom is 0.163 e. The summed E-state index contributed by atoms with van der Waals surface area (Å²) in [6, 6.07) is 15.2. The second-order valence-corrected chi connectivity index (χ2v) is 9.87. The predicted octanol–water partition coefficient (Wildman–Crippen LogP) is 3.18. The Balaban J connectivity index is 1.23. The molecule has 0 bridgehead atoms. The van der Waals surface area contributed by atoms with Crippen molar-refractivity contribution in [3.05, 3.63) is 77.5 Å². The first-order chi connectivity index (χ1) is 19.4. The lowest BCUT2D eigenvalue weighted by molar-refractivity contribution is -0.0340. The molecule has 0 aliphatic carbocycles. The van der Waals surface area contributed by atoms with E-state index in [-0.39, 0.29) is 5.69 Å². The predicted molar refractivity (Wildman–Crippen MR) is 147 cm³/mol. The quantitative estimate of drug-likeness (QED) is 0.304. The molecule has 1 saturated heterocycles. The zero-order chi connectivity index (χ0) is 27.8. The van der Waals surface area contributed by atoms with E-state index >= 15 is 0 Å². The topological polar surface area (TPSA) is 142 Å². The number of aryl methyl sites for hydroxylation is 1. The van der Waals surface area contributed by atoms with Crippen molar-refractivity contribution < 1.29 is 9.84 Å². The maximum absolute atomic E-state index is 10.4. The van der Waals surface area contributed by atoms with Crippen molar-refractivity contribution in [2.45, 2.75) is 32.6 Å². The Morgan fingerprint density at radius 2 is 2.02 bits per heavy atom. The van der Waals surface area contributed by atoms with E-state index in [1.54, 1.807) is 35.5 Å². The van der Waals surface area contributed by atoms with Gasteiger partial charge < -0.3 is 15.2 Å². The van der Waals surface area contributed by atoms with E-state index in [0.717, 1.165) is 47.8 Å². The van der Waals surface area contributed by atoms with Gasteiger partial charge in [-0.1, -0.05) is 6.07 Å². The van der Waals surface area contributed by atoms with Crippen LogP contribution in [0.3, 0.4) is 0 Å². The molecule has 1 aliphatic rings. The molecule has 12 nitrogen and oxygen atoms in total. The van der Waals surface area contributed by atoms with Crippen molar-refractivity contribution in [3.63, 3.8) is 0 Å². The first kappa shape index (κ1) is 25.6. The molecule has 5 aromatic heterocycles. The number of nitriles is 1. The van der Waals surface area contributed by atoms with Gasteiger partial charge in [-0.3, -0.25) is 4.90 Å². The molecule has 202 valence electrons. The number of hydrogen-bond acceptors (Lipinski definition) is 10. The van der Waals surface area contributed by atoms with Crippen molar-refractivity contribution >= 4 is 17.0 Å². The Bertz CT molecular complexity index is 1710. The number of likely N-dealkylation sites (tertiary alicyclic amines) is 1. The highest BCUT2D eigenvalue weighted by Crippen LogP contribution is 2.29. The number of fused-ring (bicyclic) bond motifs is 1. The van der Waals surface area contributed by atoms with Crippen LogP contribution < -0.4 is 5.32 Å². The summed E-state index contributed by atoms with van der Waals surface area (Å²) in [4.78, 5) is 7.10. The fourth-order valence-corrected chi connectivity index (χ4v) is 4.79. The molecular weight excluding hydrogens is 508 g/mol. The summed E-state index contributed by atoms with van der Waals surface area (Å²) in [6.45, 7) is 6.10. The van der Waals surface area contributed by atoms with E-state index in [2.05, 4.69) is 36.7 Å². The summed E-state index contributed by atoms with van der Waals surface area (Å²) in [6.07, 6.45) is 3.18. The van der Waals surface area contributed by atoms with Crippen LogP contribution in [-0.2, 0) is 11.3 Å². The van der Waals surface area contributed by atoms with E-state index < -0.39 is 6.10 Å². The van der Waals surface area contributed by atoms with Gasteiger partial charge in [0.1, 0.15) is 6.07 Å². The number of aromatic nitrogens is 7. The number of aliphatic hydroxyl groups is 1. The Kier molecular flexibility index (Phi) is 6.69. The van der Waals surface area contributed by atoms with Gasteiger partial charge in [-0.15, -0.1) is 5.10 Å². The Morgan fingerprint density at radius 1 is 1.18 bits per heavy atom. The average Bonchev–Trinajstić information content (AvgIpc) is 3.53. The lowest BCUT2D eigenvalue weighted by atomic mass is 10.1. The van der Waals surface area contributed by atoms with Crippen LogP contribution in [0, 0.1) is 18.3 Å². The first-order valence-electron chi connectivity index (χ1n) is 12.9. The highest BCUT2D eigenvalue weighted by Gasteiger charge is 2.26. The second kappa shape index (κ2) is 10.5. The molecule has 0 saturated carbocycles. The van der Waals surface area contributed by atoms with Crippen LogP contribution in [0.15, 0.2) is 54.9 Å². The Hall–Kier alpha value is -4.70. The molecule has 0 radical (unpaired) electrons. The summed E-state index contributed by atoms with van der Waals surface area (Å²) in [5, 5.41) is 40.5. The molecule has 0 aromatic carbocycles. The Labute approximate surface area is 230 Å².